The van der Waals surface area contributed by atoms with Crippen LogP contribution in [0.3, 0.4) is 0 Å². The molecule has 16 nitrogen and oxygen atoms in total. The van der Waals surface area contributed by atoms with Crippen LogP contribution in [0.5, 0.6) is 0 Å². The summed E-state index contributed by atoms with van der Waals surface area (Å²) in [4.78, 5) is 88.0. The molecule has 1 aromatic rings. The van der Waals surface area contributed by atoms with Gasteiger partial charge in [-0.1, -0.05) is 84.2 Å². The Balaban J connectivity index is 1.01. The van der Waals surface area contributed by atoms with Crippen molar-refractivity contribution < 1.29 is 48.1 Å². The van der Waals surface area contributed by atoms with Crippen LogP contribution in [0, 0.1) is 53.3 Å². The first-order chi connectivity index (χ1) is 35.5. The van der Waals surface area contributed by atoms with Gasteiger partial charge in [0.1, 0.15) is 12.1 Å². The Labute approximate surface area is 441 Å². The van der Waals surface area contributed by atoms with Gasteiger partial charge in [-0.15, -0.1) is 11.8 Å². The topological polar surface area (TPSA) is 196 Å². The zero-order chi connectivity index (χ0) is 53.6. The SMILES string of the molecule is CC[C@H](C)[C@@H]([C@@H](CC(=O)N1CCC[C@H]1[C@H](OC)[C@@H](C)C(=O)N[C@@H](Cc1ccccc1)C(=O)O)OC)N(C)C(=O)[C@@H](NC(=O)[C@@H]1[C@H]2CC[C@H](C2)N1C(C)CCCCCNC(=O)OCC1[C@H]2CCC#CCC[C@@H]12)C(C)C. The second-order valence-corrected chi connectivity index (χ2v) is 22.7. The Morgan fingerprint density at radius 2 is 1.58 bits per heavy atom. The number of unbranched alkanes of at least 4 members (excludes halogenated alkanes) is 2. The zero-order valence-corrected chi connectivity index (χ0v) is 46.0. The number of carbonyl (C=O) groups excluding carboxylic acids is 5. The van der Waals surface area contributed by atoms with Crippen LogP contribution < -0.4 is 16.0 Å². The molecule has 2 saturated heterocycles. The van der Waals surface area contributed by atoms with Gasteiger partial charge in [-0.3, -0.25) is 24.1 Å². The summed E-state index contributed by atoms with van der Waals surface area (Å²) in [5, 5.41) is 18.9. The van der Waals surface area contributed by atoms with Gasteiger partial charge in [0.25, 0.3) is 0 Å². The molecule has 2 heterocycles. The molecule has 2 bridgehead atoms. The van der Waals surface area contributed by atoms with E-state index in [1.54, 1.807) is 30.9 Å². The molecule has 15 atom stereocenters. The van der Waals surface area contributed by atoms with Crippen LogP contribution in [-0.4, -0.2) is 151 Å². The second kappa shape index (κ2) is 27.9. The number of aliphatic carboxylic acids is 1. The van der Waals surface area contributed by atoms with Crippen molar-refractivity contribution in [3.05, 3.63) is 35.9 Å². The number of hydrogen-bond donors (Lipinski definition) is 4. The van der Waals surface area contributed by atoms with Crippen LogP contribution >= 0.6 is 0 Å². The number of likely N-dealkylation sites (N-methyl/N-ethyl adjacent to an activating group) is 1. The number of ether oxygens (including phenoxy) is 3. The van der Waals surface area contributed by atoms with E-state index in [-0.39, 0.29) is 66.5 Å². The monoisotopic (exact) mass is 1030 g/mol. The fourth-order valence-electron chi connectivity index (χ4n) is 13.2. The standard InChI is InChI=1S/C58H90N6O10/c1-10-37(4)51(48(72-8)34-49(65)63-31-21-27-47(63)53(73-9)39(6)54(66)60-46(57(69)70)32-40-23-16-13-17-24-40)62(7)56(68)50(36(2)3)61-55(67)52-41-28-29-42(33-41)64(52)38(5)22-15-14-20-30-59-58(71)74-35-45-43-25-18-11-12-19-26-44(43)45/h13,16-17,23-24,36-39,41-48,50-53H,10,14-15,18-22,25-35H2,1-9H3,(H,59,71)(H,60,66)(H,61,67)(H,69,70)/t37-,38?,39+,41-,42+,43-,44+,45?,46-,47-,48+,50-,51-,52-,53+/m0/s1. The van der Waals surface area contributed by atoms with Crippen LogP contribution in [0.15, 0.2) is 30.3 Å². The molecule has 6 rings (SSSR count). The molecule has 412 valence electrons. The summed E-state index contributed by atoms with van der Waals surface area (Å²) in [7, 11) is 4.82. The summed E-state index contributed by atoms with van der Waals surface area (Å²) >= 11 is 0. The Kier molecular flexibility index (Phi) is 22.1. The van der Waals surface area contributed by atoms with Crippen molar-refractivity contribution in [3.63, 3.8) is 0 Å². The van der Waals surface area contributed by atoms with Crippen molar-refractivity contribution in [2.75, 3.05) is 41.0 Å². The third kappa shape index (κ3) is 14.8. The Bertz CT molecular complexity index is 2080. The predicted octanol–water partition coefficient (Wildman–Crippen LogP) is 6.83. The van der Waals surface area contributed by atoms with Crippen LogP contribution in [0.25, 0.3) is 0 Å². The summed E-state index contributed by atoms with van der Waals surface area (Å²) in [5.41, 5.74) is 0.782. The molecule has 74 heavy (non-hydrogen) atoms. The van der Waals surface area contributed by atoms with Crippen molar-refractivity contribution >= 4 is 35.7 Å². The molecule has 16 heteroatoms. The lowest BCUT2D eigenvalue weighted by molar-refractivity contribution is -0.148. The lowest BCUT2D eigenvalue weighted by Gasteiger charge is -2.42. The highest BCUT2D eigenvalue weighted by Gasteiger charge is 2.52. The van der Waals surface area contributed by atoms with Gasteiger partial charge in [-0.2, -0.15) is 0 Å². The molecule has 0 radical (unpaired) electrons. The number of carboxylic acid groups (broad SMARTS) is 1. The van der Waals surface area contributed by atoms with E-state index in [9.17, 15) is 33.9 Å². The van der Waals surface area contributed by atoms with E-state index in [1.807, 2.05) is 58.0 Å². The number of likely N-dealkylation sites (tertiary alicyclic amines) is 2. The summed E-state index contributed by atoms with van der Waals surface area (Å²) in [6, 6.07) is 6.43. The minimum Gasteiger partial charge on any atom is -0.480 e. The molecule has 3 aliphatic carbocycles. The zero-order valence-electron chi connectivity index (χ0n) is 46.0. The number of fused-ring (bicyclic) bond motifs is 3. The quantitative estimate of drug-likeness (QED) is 0.0508. The highest BCUT2D eigenvalue weighted by Crippen LogP contribution is 2.52. The fraction of sp³-hybridized carbons (Fsp3) is 0.759. The number of alkyl carbamates (subject to hydrolysis) is 1. The number of hydrogen-bond acceptors (Lipinski definition) is 10. The smallest absolute Gasteiger partial charge is 0.407 e. The minimum atomic E-state index is -1.14. The van der Waals surface area contributed by atoms with Gasteiger partial charge in [0.2, 0.25) is 23.6 Å². The van der Waals surface area contributed by atoms with E-state index in [1.165, 1.54) is 7.11 Å². The van der Waals surface area contributed by atoms with Gasteiger partial charge in [0.15, 0.2) is 0 Å². The number of rotatable bonds is 28. The lowest BCUT2D eigenvalue weighted by Crippen LogP contribution is -2.61. The normalized spacial score (nSPS) is 26.4. The first-order valence-electron chi connectivity index (χ1n) is 28.1. The molecule has 4 N–H and O–H groups in total. The van der Waals surface area contributed by atoms with E-state index in [0.717, 1.165) is 76.2 Å². The Hall–Kier alpha value is -4.72. The van der Waals surface area contributed by atoms with Crippen molar-refractivity contribution in [1.82, 2.24) is 30.7 Å². The maximum absolute atomic E-state index is 14.8. The maximum Gasteiger partial charge on any atom is 0.407 e. The van der Waals surface area contributed by atoms with Crippen LogP contribution in [0.2, 0.25) is 0 Å². The minimum absolute atomic E-state index is 0.0214. The first-order valence-corrected chi connectivity index (χ1v) is 28.1. The van der Waals surface area contributed by atoms with Gasteiger partial charge < -0.3 is 45.1 Å². The molecule has 1 aromatic carbocycles. The van der Waals surface area contributed by atoms with Crippen LogP contribution in [-0.2, 0) is 44.6 Å². The van der Waals surface area contributed by atoms with Crippen molar-refractivity contribution in [2.24, 2.45) is 41.4 Å². The van der Waals surface area contributed by atoms with Gasteiger partial charge >= 0.3 is 12.1 Å². The van der Waals surface area contributed by atoms with Crippen molar-refractivity contribution in [2.45, 2.75) is 199 Å². The lowest BCUT2D eigenvalue weighted by atomic mass is 9.89. The van der Waals surface area contributed by atoms with Gasteiger partial charge in [0, 0.05) is 65.7 Å². The molecular formula is C58H90N6O10. The number of benzene rings is 1. The molecule has 5 amide bonds. The Morgan fingerprint density at radius 1 is 0.878 bits per heavy atom. The summed E-state index contributed by atoms with van der Waals surface area (Å²) in [6.45, 7) is 13.4. The van der Waals surface area contributed by atoms with E-state index >= 15 is 0 Å². The third-order valence-electron chi connectivity index (χ3n) is 17.6. The molecule has 4 fully saturated rings. The van der Waals surface area contributed by atoms with Gasteiger partial charge in [0.05, 0.1) is 49.3 Å². The molecule has 2 aliphatic heterocycles. The number of carboxylic acids is 1. The molecule has 5 aliphatic rings. The summed E-state index contributed by atoms with van der Waals surface area (Å²) in [5.74, 6) is 5.26. The first kappa shape index (κ1) is 58.5. The number of piperidine rings is 1. The second-order valence-electron chi connectivity index (χ2n) is 22.7. The van der Waals surface area contributed by atoms with E-state index in [2.05, 4.69) is 39.6 Å². The maximum atomic E-state index is 14.8. The molecule has 2 saturated carbocycles. The Morgan fingerprint density at radius 3 is 2.22 bits per heavy atom. The molecule has 0 spiro atoms. The van der Waals surface area contributed by atoms with E-state index in [0.29, 0.717) is 62.8 Å². The van der Waals surface area contributed by atoms with Gasteiger partial charge in [-0.25, -0.2) is 9.59 Å². The van der Waals surface area contributed by atoms with Crippen molar-refractivity contribution in [3.8, 4) is 11.8 Å². The highest BCUT2D eigenvalue weighted by molar-refractivity contribution is 5.91. The molecule has 0 aromatic heterocycles. The highest BCUT2D eigenvalue weighted by atomic mass is 16.5. The van der Waals surface area contributed by atoms with E-state index < -0.39 is 54.2 Å². The largest absolute Gasteiger partial charge is 0.480 e. The number of nitrogens with one attached hydrogen (secondary N) is 3. The molecular weight excluding hydrogens is 941 g/mol. The van der Waals surface area contributed by atoms with E-state index in [4.69, 9.17) is 14.2 Å². The van der Waals surface area contributed by atoms with Crippen molar-refractivity contribution in [1.29, 1.82) is 0 Å². The number of nitrogens with zero attached hydrogens (tertiary/aromatic N) is 3. The third-order valence-corrected chi connectivity index (χ3v) is 17.6. The summed E-state index contributed by atoms with van der Waals surface area (Å²) < 4.78 is 17.7. The van der Waals surface area contributed by atoms with Gasteiger partial charge in [-0.05, 0) is 106 Å². The van der Waals surface area contributed by atoms with Crippen LogP contribution in [0.4, 0.5) is 4.79 Å². The average Bonchev–Trinajstić information content (AvgIpc) is 3.81. The van der Waals surface area contributed by atoms with Crippen LogP contribution in [0.1, 0.15) is 143 Å². The number of carbonyl (C=O) groups is 6. The average molecular weight is 1030 g/mol. The number of amides is 5. The predicted molar refractivity (Wildman–Crippen MR) is 283 cm³/mol. The fourth-order valence-corrected chi connectivity index (χ4v) is 13.2. The summed E-state index contributed by atoms with van der Waals surface area (Å²) in [6.07, 6.45) is 11.2. The number of methoxy groups -OCH3 is 2. The molecule has 2 unspecified atom stereocenters.